The molecule has 0 fully saturated rings. The van der Waals surface area contributed by atoms with E-state index in [9.17, 15) is 13.6 Å². The molecule has 4 nitrogen and oxygen atoms in total. The van der Waals surface area contributed by atoms with Crippen LogP contribution in [0, 0.1) is 25.5 Å². The van der Waals surface area contributed by atoms with E-state index in [-0.39, 0.29) is 12.2 Å². The molecular formula is C17H18F2N2O2. The number of ether oxygens (including phenoxy) is 1. The van der Waals surface area contributed by atoms with Crippen LogP contribution in [0.2, 0.25) is 0 Å². The molecule has 0 atom stereocenters. The predicted molar refractivity (Wildman–Crippen MR) is 84.8 cm³/mol. The summed E-state index contributed by atoms with van der Waals surface area (Å²) in [5.74, 6) is -1.21. The Morgan fingerprint density at radius 1 is 1.09 bits per heavy atom. The highest BCUT2D eigenvalue weighted by Crippen LogP contribution is 2.18. The lowest BCUT2D eigenvalue weighted by Crippen LogP contribution is -2.32. The van der Waals surface area contributed by atoms with Crippen LogP contribution in [-0.2, 0) is 0 Å². The molecule has 0 unspecified atom stereocenters. The third kappa shape index (κ3) is 4.95. The van der Waals surface area contributed by atoms with Gasteiger partial charge in [0.25, 0.3) is 0 Å². The standard InChI is InChI=1S/C17H18F2N2O2/c1-11-3-6-16(12(2)9-11)23-8-7-20-17(22)21-13-4-5-14(18)15(19)10-13/h3-6,9-10H,7-8H2,1-2H3,(H2,20,21,22). The smallest absolute Gasteiger partial charge is 0.319 e. The monoisotopic (exact) mass is 320 g/mol. The summed E-state index contributed by atoms with van der Waals surface area (Å²) < 4.78 is 31.4. The van der Waals surface area contributed by atoms with E-state index in [1.807, 2.05) is 32.0 Å². The van der Waals surface area contributed by atoms with E-state index in [1.165, 1.54) is 6.07 Å². The third-order valence-electron chi connectivity index (χ3n) is 3.15. The van der Waals surface area contributed by atoms with E-state index < -0.39 is 17.7 Å². The number of halogens is 2. The number of rotatable bonds is 5. The summed E-state index contributed by atoms with van der Waals surface area (Å²) in [6, 6.07) is 8.48. The van der Waals surface area contributed by atoms with Crippen molar-refractivity contribution >= 4 is 11.7 Å². The molecule has 0 saturated heterocycles. The van der Waals surface area contributed by atoms with E-state index in [0.717, 1.165) is 29.0 Å². The zero-order valence-electron chi connectivity index (χ0n) is 13.0. The van der Waals surface area contributed by atoms with E-state index in [1.54, 1.807) is 0 Å². The highest BCUT2D eigenvalue weighted by Gasteiger charge is 2.06. The van der Waals surface area contributed by atoms with Crippen molar-refractivity contribution in [2.75, 3.05) is 18.5 Å². The van der Waals surface area contributed by atoms with Crippen LogP contribution in [0.4, 0.5) is 19.3 Å². The summed E-state index contributed by atoms with van der Waals surface area (Å²) in [5.41, 5.74) is 2.35. The van der Waals surface area contributed by atoms with Crippen LogP contribution in [0.3, 0.4) is 0 Å². The highest BCUT2D eigenvalue weighted by molar-refractivity contribution is 5.89. The normalized spacial score (nSPS) is 10.3. The number of anilines is 1. The van der Waals surface area contributed by atoms with E-state index in [4.69, 9.17) is 4.74 Å². The molecule has 0 saturated carbocycles. The van der Waals surface area contributed by atoms with Gasteiger partial charge in [-0.15, -0.1) is 0 Å². The SMILES string of the molecule is Cc1ccc(OCCNC(=O)Nc2ccc(F)c(F)c2)c(C)c1. The first kappa shape index (κ1) is 16.7. The number of nitrogens with one attached hydrogen (secondary N) is 2. The van der Waals surface area contributed by atoms with Gasteiger partial charge in [0.2, 0.25) is 0 Å². The summed E-state index contributed by atoms with van der Waals surface area (Å²) >= 11 is 0. The van der Waals surface area contributed by atoms with Crippen LogP contribution in [0.5, 0.6) is 5.75 Å². The van der Waals surface area contributed by atoms with Gasteiger partial charge >= 0.3 is 6.03 Å². The number of aryl methyl sites for hydroxylation is 2. The molecular weight excluding hydrogens is 302 g/mol. The quantitative estimate of drug-likeness (QED) is 0.824. The second kappa shape index (κ2) is 7.58. The van der Waals surface area contributed by atoms with Crippen LogP contribution in [0.15, 0.2) is 36.4 Å². The first-order valence-corrected chi connectivity index (χ1v) is 7.15. The van der Waals surface area contributed by atoms with Crippen molar-refractivity contribution in [1.29, 1.82) is 0 Å². The fourth-order valence-corrected chi connectivity index (χ4v) is 2.04. The fourth-order valence-electron chi connectivity index (χ4n) is 2.04. The molecule has 2 aromatic carbocycles. The van der Waals surface area contributed by atoms with Crippen LogP contribution >= 0.6 is 0 Å². The zero-order valence-corrected chi connectivity index (χ0v) is 13.0. The van der Waals surface area contributed by atoms with Crippen molar-refractivity contribution in [3.63, 3.8) is 0 Å². The maximum Gasteiger partial charge on any atom is 0.319 e. The average Bonchev–Trinajstić information content (AvgIpc) is 2.49. The predicted octanol–water partition coefficient (Wildman–Crippen LogP) is 3.78. The first-order valence-electron chi connectivity index (χ1n) is 7.15. The minimum atomic E-state index is -1.01. The Morgan fingerprint density at radius 3 is 2.57 bits per heavy atom. The van der Waals surface area contributed by atoms with Gasteiger partial charge in [0.05, 0.1) is 6.54 Å². The highest BCUT2D eigenvalue weighted by atomic mass is 19.2. The average molecular weight is 320 g/mol. The molecule has 0 spiro atoms. The fraction of sp³-hybridized carbons (Fsp3) is 0.235. The lowest BCUT2D eigenvalue weighted by atomic mass is 10.1. The van der Waals surface area contributed by atoms with Crippen molar-refractivity contribution in [1.82, 2.24) is 5.32 Å². The molecule has 23 heavy (non-hydrogen) atoms. The minimum Gasteiger partial charge on any atom is -0.491 e. The topological polar surface area (TPSA) is 50.4 Å². The molecule has 0 aromatic heterocycles. The molecule has 0 bridgehead atoms. The lowest BCUT2D eigenvalue weighted by Gasteiger charge is -2.11. The van der Waals surface area contributed by atoms with Crippen LogP contribution < -0.4 is 15.4 Å². The summed E-state index contributed by atoms with van der Waals surface area (Å²) in [6.07, 6.45) is 0. The molecule has 0 aliphatic heterocycles. The van der Waals surface area contributed by atoms with Crippen molar-refractivity contribution in [3.05, 3.63) is 59.2 Å². The maximum atomic E-state index is 13.0. The summed E-state index contributed by atoms with van der Waals surface area (Å²) in [4.78, 5) is 11.6. The molecule has 2 amide bonds. The lowest BCUT2D eigenvalue weighted by molar-refractivity contribution is 0.247. The minimum absolute atomic E-state index is 0.177. The van der Waals surface area contributed by atoms with Gasteiger partial charge in [-0.2, -0.15) is 0 Å². The Bertz CT molecular complexity index is 705. The van der Waals surface area contributed by atoms with Crippen molar-refractivity contribution in [3.8, 4) is 5.75 Å². The number of hydrogen-bond acceptors (Lipinski definition) is 2. The van der Waals surface area contributed by atoms with E-state index >= 15 is 0 Å². The Labute approximate surface area is 133 Å². The van der Waals surface area contributed by atoms with Gasteiger partial charge in [-0.3, -0.25) is 0 Å². The summed E-state index contributed by atoms with van der Waals surface area (Å²) in [5, 5.41) is 4.99. The Hall–Kier alpha value is -2.63. The van der Waals surface area contributed by atoms with Gasteiger partial charge in [0, 0.05) is 11.8 Å². The molecule has 0 heterocycles. The zero-order chi connectivity index (χ0) is 16.8. The van der Waals surface area contributed by atoms with Crippen LogP contribution in [0.25, 0.3) is 0 Å². The Morgan fingerprint density at radius 2 is 1.87 bits per heavy atom. The van der Waals surface area contributed by atoms with Gasteiger partial charge in [-0.25, -0.2) is 13.6 Å². The third-order valence-corrected chi connectivity index (χ3v) is 3.15. The molecule has 122 valence electrons. The van der Waals surface area contributed by atoms with E-state index in [2.05, 4.69) is 10.6 Å². The number of amides is 2. The van der Waals surface area contributed by atoms with Crippen molar-refractivity contribution in [2.24, 2.45) is 0 Å². The number of urea groups is 1. The molecule has 0 radical (unpaired) electrons. The van der Waals surface area contributed by atoms with Gasteiger partial charge < -0.3 is 15.4 Å². The van der Waals surface area contributed by atoms with Crippen molar-refractivity contribution < 1.29 is 18.3 Å². The molecule has 0 aliphatic rings. The number of hydrogen-bond donors (Lipinski definition) is 2. The Kier molecular flexibility index (Phi) is 5.51. The van der Waals surface area contributed by atoms with Crippen LogP contribution in [0.1, 0.15) is 11.1 Å². The van der Waals surface area contributed by atoms with Gasteiger partial charge in [0.15, 0.2) is 11.6 Å². The molecule has 2 aromatic rings. The first-order chi connectivity index (χ1) is 11.0. The van der Waals surface area contributed by atoms with Gasteiger partial charge in [0.1, 0.15) is 12.4 Å². The largest absolute Gasteiger partial charge is 0.491 e. The number of carbonyl (C=O) groups is 1. The van der Waals surface area contributed by atoms with Gasteiger partial charge in [-0.05, 0) is 37.6 Å². The maximum absolute atomic E-state index is 13.0. The molecule has 6 heteroatoms. The molecule has 2 N–H and O–H groups in total. The number of benzene rings is 2. The Balaban J connectivity index is 1.75. The second-order valence-corrected chi connectivity index (χ2v) is 5.13. The molecule has 0 aliphatic carbocycles. The van der Waals surface area contributed by atoms with Crippen LogP contribution in [-0.4, -0.2) is 19.2 Å². The molecule has 2 rings (SSSR count). The summed E-state index contributed by atoms with van der Waals surface area (Å²) in [6.45, 7) is 4.53. The van der Waals surface area contributed by atoms with Crippen molar-refractivity contribution in [2.45, 2.75) is 13.8 Å². The van der Waals surface area contributed by atoms with E-state index in [0.29, 0.717) is 6.61 Å². The van der Waals surface area contributed by atoms with Gasteiger partial charge in [-0.1, -0.05) is 17.7 Å². The summed E-state index contributed by atoms with van der Waals surface area (Å²) in [7, 11) is 0. The second-order valence-electron chi connectivity index (χ2n) is 5.13. The number of carbonyl (C=O) groups excluding carboxylic acids is 1.